The minimum absolute atomic E-state index is 0.0265. The zero-order valence-corrected chi connectivity index (χ0v) is 25.4. The average molecular weight is 690 g/mol. The van der Waals surface area contributed by atoms with Gasteiger partial charge in [0.2, 0.25) is 0 Å². The number of aliphatic hydroxyl groups is 5. The molecule has 246 valence electrons. The highest BCUT2D eigenvalue weighted by atomic mass is 32.5. The van der Waals surface area contributed by atoms with Crippen LogP contribution in [0.5, 0.6) is 0 Å². The molecule has 9 N–H and O–H groups in total. The van der Waals surface area contributed by atoms with E-state index in [4.69, 9.17) is 47.8 Å². The van der Waals surface area contributed by atoms with Gasteiger partial charge in [0.25, 0.3) is 0 Å². The number of anilines is 1. The van der Waals surface area contributed by atoms with Crippen molar-refractivity contribution in [3.05, 3.63) is 18.2 Å². The predicted molar refractivity (Wildman–Crippen MR) is 145 cm³/mol. The molecular weight excluding hydrogens is 659 g/mol. The van der Waals surface area contributed by atoms with E-state index in [2.05, 4.69) is 29.8 Å². The Bertz CT molecular complexity index is 1500. The number of imidazole rings is 1. The molecule has 0 radical (unpaired) electrons. The number of hydrogen-bond acceptors (Lipinski definition) is 17. The first kappa shape index (κ1) is 35.1. The molecular formula is C21H30FN5O14P2S. The standard InChI is InChI=1S/C21H30FN5O14P2S/c1-4-21(36-3)15(10-5-24-17-16(23)25-8-26-27(10)17)39-20(2,19(21)32)7-37-43(35,44)41-42(33,34)40-18-13(31)11(29)12(30)14(38-18)9(22)6-28/h1,5,8-9,11-15,18-19,28-32H,6-7H2,2-3H3,(H,33,34)(H,35,44)(H2,23,25,26)/t9-,11?,12?,13?,14?,15-,18?,19+,20+,21-,43?/m0/s1. The van der Waals surface area contributed by atoms with Gasteiger partial charge in [0.05, 0.1) is 25.1 Å². The SMILES string of the molecule is C#C[C@]1(OC)[C@H](c2cnc3c(N)ncnn23)O[C@](C)(COP(O)(=S)OP(=O)(O)OC2OC([C@@H](F)CO)C(O)C(O)C2O)[C@H]1O. The molecule has 0 spiro atoms. The lowest BCUT2D eigenvalue weighted by molar-refractivity contribution is -0.287. The molecule has 4 heterocycles. The van der Waals surface area contributed by atoms with E-state index in [-0.39, 0.29) is 17.2 Å². The molecule has 2 aromatic rings. The summed E-state index contributed by atoms with van der Waals surface area (Å²) in [5.74, 6) is 2.38. The molecule has 4 rings (SSSR count). The van der Waals surface area contributed by atoms with E-state index in [9.17, 15) is 39.2 Å². The van der Waals surface area contributed by atoms with Crippen LogP contribution in [0, 0.1) is 12.3 Å². The molecule has 0 aromatic carbocycles. The number of nitrogens with two attached hydrogens (primary N) is 1. The maximum atomic E-state index is 14.0. The molecule has 0 saturated carbocycles. The normalized spacial score (nSPS) is 37.7. The first-order valence-corrected chi connectivity index (χ1v) is 16.5. The predicted octanol–water partition coefficient (Wildman–Crippen LogP) is -2.58. The summed E-state index contributed by atoms with van der Waals surface area (Å²) in [6.45, 7) is -5.48. The topological polar surface area (TPSA) is 283 Å². The van der Waals surface area contributed by atoms with Gasteiger partial charge in [-0.15, -0.1) is 6.42 Å². The van der Waals surface area contributed by atoms with Crippen LogP contribution >= 0.6 is 14.5 Å². The van der Waals surface area contributed by atoms with Crippen LogP contribution in [0.4, 0.5) is 10.2 Å². The fourth-order valence-corrected chi connectivity index (χ4v) is 7.91. The number of aliphatic hydroxyl groups excluding tert-OH is 5. The third-order valence-electron chi connectivity index (χ3n) is 7.05. The molecule has 0 aliphatic carbocycles. The van der Waals surface area contributed by atoms with E-state index in [1.54, 1.807) is 0 Å². The molecule has 2 aliphatic rings. The van der Waals surface area contributed by atoms with Gasteiger partial charge < -0.3 is 59.8 Å². The molecule has 0 amide bonds. The average Bonchev–Trinajstić information content (AvgIpc) is 3.49. The van der Waals surface area contributed by atoms with Crippen molar-refractivity contribution in [2.24, 2.45) is 0 Å². The second-order valence-corrected chi connectivity index (χ2v) is 14.3. The number of phosphoric ester groups is 1. The number of phosphoric acid groups is 1. The van der Waals surface area contributed by atoms with E-state index < -0.39 is 88.0 Å². The van der Waals surface area contributed by atoms with Gasteiger partial charge in [0.1, 0.15) is 48.6 Å². The van der Waals surface area contributed by atoms with Gasteiger partial charge in [-0.1, -0.05) is 5.92 Å². The first-order valence-electron chi connectivity index (χ1n) is 12.4. The Morgan fingerprint density at radius 1 is 1.27 bits per heavy atom. The molecule has 2 saturated heterocycles. The summed E-state index contributed by atoms with van der Waals surface area (Å²) in [6.07, 6.45) is -7.75. The van der Waals surface area contributed by atoms with Crippen molar-refractivity contribution in [1.29, 1.82) is 0 Å². The number of rotatable bonds is 11. The lowest BCUT2D eigenvalue weighted by atomic mass is 9.85. The van der Waals surface area contributed by atoms with Crippen molar-refractivity contribution in [2.75, 3.05) is 26.1 Å². The number of ether oxygens (including phenoxy) is 3. The Morgan fingerprint density at radius 2 is 1.95 bits per heavy atom. The lowest BCUT2D eigenvalue weighted by Crippen LogP contribution is -2.60. The van der Waals surface area contributed by atoms with E-state index in [1.165, 1.54) is 24.7 Å². The quantitative estimate of drug-likeness (QED) is 0.0888. The maximum absolute atomic E-state index is 14.0. The summed E-state index contributed by atoms with van der Waals surface area (Å²) in [4.78, 5) is 28.8. The highest BCUT2D eigenvalue weighted by Crippen LogP contribution is 2.62. The van der Waals surface area contributed by atoms with Gasteiger partial charge in [-0.25, -0.2) is 27.7 Å². The molecule has 7 unspecified atom stereocenters. The van der Waals surface area contributed by atoms with E-state index in [0.29, 0.717) is 0 Å². The van der Waals surface area contributed by atoms with E-state index in [0.717, 1.165) is 6.33 Å². The van der Waals surface area contributed by atoms with Crippen LogP contribution < -0.4 is 5.73 Å². The second kappa shape index (κ2) is 12.8. The Hall–Kier alpha value is -1.80. The zero-order valence-electron chi connectivity index (χ0n) is 22.8. The second-order valence-electron chi connectivity index (χ2n) is 9.96. The van der Waals surface area contributed by atoms with Crippen LogP contribution in [0.3, 0.4) is 0 Å². The molecule has 2 aromatic heterocycles. The molecule has 0 bridgehead atoms. The van der Waals surface area contributed by atoms with Crippen molar-refractivity contribution in [3.8, 4) is 12.3 Å². The Kier molecular flexibility index (Phi) is 10.2. The lowest BCUT2D eigenvalue weighted by Gasteiger charge is -2.41. The number of fused-ring (bicyclic) bond motifs is 1. The van der Waals surface area contributed by atoms with E-state index in [1.807, 2.05) is 0 Å². The minimum Gasteiger partial charge on any atom is -0.393 e. The van der Waals surface area contributed by atoms with Crippen molar-refractivity contribution in [3.63, 3.8) is 0 Å². The van der Waals surface area contributed by atoms with Crippen molar-refractivity contribution >= 4 is 37.8 Å². The maximum Gasteiger partial charge on any atom is 0.481 e. The Morgan fingerprint density at radius 3 is 2.57 bits per heavy atom. The van der Waals surface area contributed by atoms with Crippen molar-refractivity contribution in [1.82, 2.24) is 19.6 Å². The summed E-state index contributed by atoms with van der Waals surface area (Å²) in [7, 11) is -4.34. The summed E-state index contributed by atoms with van der Waals surface area (Å²) < 4.78 is 58.8. The Balaban J connectivity index is 1.50. The van der Waals surface area contributed by atoms with Gasteiger partial charge >= 0.3 is 14.5 Å². The van der Waals surface area contributed by atoms with Crippen LogP contribution in [0.1, 0.15) is 18.7 Å². The third-order valence-corrected chi connectivity index (χ3v) is 10.5. The van der Waals surface area contributed by atoms with Gasteiger partial charge in [0, 0.05) is 7.11 Å². The van der Waals surface area contributed by atoms with Gasteiger partial charge in [-0.2, -0.15) is 5.10 Å². The summed E-state index contributed by atoms with van der Waals surface area (Å²) >= 11 is 4.81. The fourth-order valence-electron chi connectivity index (χ4n) is 4.75. The number of terminal acetylenes is 1. The van der Waals surface area contributed by atoms with Crippen LogP contribution in [-0.4, -0.2) is 129 Å². The molecule has 19 nitrogen and oxygen atoms in total. The molecule has 12 atom stereocenters. The summed E-state index contributed by atoms with van der Waals surface area (Å²) in [6, 6.07) is 0. The third kappa shape index (κ3) is 6.41. The molecule has 23 heteroatoms. The summed E-state index contributed by atoms with van der Waals surface area (Å²) in [5.41, 5.74) is 2.42. The van der Waals surface area contributed by atoms with Crippen molar-refractivity contribution in [2.45, 2.75) is 67.2 Å². The van der Waals surface area contributed by atoms with Crippen LogP contribution in [-0.2, 0) is 43.9 Å². The number of hydrogen-bond donors (Lipinski definition) is 8. The van der Waals surface area contributed by atoms with Crippen LogP contribution in [0.25, 0.3) is 5.65 Å². The fraction of sp³-hybridized carbons (Fsp3) is 0.667. The summed E-state index contributed by atoms with van der Waals surface area (Å²) in [5, 5.41) is 54.3. The smallest absolute Gasteiger partial charge is 0.393 e. The van der Waals surface area contributed by atoms with E-state index >= 15 is 0 Å². The molecule has 44 heavy (non-hydrogen) atoms. The minimum atomic E-state index is -5.54. The number of halogens is 1. The number of nitrogens with zero attached hydrogens (tertiary/aromatic N) is 4. The monoisotopic (exact) mass is 689 g/mol. The molecule has 2 aliphatic heterocycles. The first-order chi connectivity index (χ1) is 20.5. The number of nitrogen functional groups attached to an aromatic ring is 1. The van der Waals surface area contributed by atoms with Gasteiger partial charge in [-0.3, -0.25) is 4.52 Å². The number of methoxy groups -OCH3 is 1. The zero-order chi connectivity index (χ0) is 32.8. The van der Waals surface area contributed by atoms with Gasteiger partial charge in [0.15, 0.2) is 29.5 Å². The molecule has 2 fully saturated rings. The highest BCUT2D eigenvalue weighted by molar-refractivity contribution is 8.08. The van der Waals surface area contributed by atoms with Crippen LogP contribution in [0.2, 0.25) is 0 Å². The van der Waals surface area contributed by atoms with Crippen molar-refractivity contribution < 1.29 is 71.8 Å². The largest absolute Gasteiger partial charge is 0.481 e. The highest BCUT2D eigenvalue weighted by Gasteiger charge is 2.64. The number of aromatic nitrogens is 4. The Labute approximate surface area is 253 Å². The number of alkyl halides is 1. The van der Waals surface area contributed by atoms with Gasteiger partial charge in [-0.05, 0) is 18.7 Å². The van der Waals surface area contributed by atoms with Crippen LogP contribution in [0.15, 0.2) is 12.5 Å².